The quantitative estimate of drug-likeness (QED) is 0.802. The van der Waals surface area contributed by atoms with E-state index in [2.05, 4.69) is 29.0 Å². The third-order valence-electron chi connectivity index (χ3n) is 3.10. The minimum Gasteiger partial charge on any atom is -0.350 e. The van der Waals surface area contributed by atoms with Crippen LogP contribution >= 0.6 is 12.6 Å². The first-order valence-electron chi connectivity index (χ1n) is 6.64. The van der Waals surface area contributed by atoms with Crippen LogP contribution in [0.4, 0.5) is 0 Å². The van der Waals surface area contributed by atoms with Crippen LogP contribution in [-0.2, 0) is 23.5 Å². The van der Waals surface area contributed by atoms with E-state index in [1.807, 2.05) is 36.4 Å². The van der Waals surface area contributed by atoms with Gasteiger partial charge in [-0.25, -0.2) is 0 Å². The highest BCUT2D eigenvalue weighted by molar-refractivity contribution is 7.79. The number of pyridine rings is 1. The molecule has 0 radical (unpaired) electrons. The van der Waals surface area contributed by atoms with Crippen LogP contribution in [0.5, 0.6) is 0 Å². The fourth-order valence-electron chi connectivity index (χ4n) is 1.98. The van der Waals surface area contributed by atoms with Crippen LogP contribution < -0.4 is 5.32 Å². The van der Waals surface area contributed by atoms with Crippen molar-refractivity contribution < 1.29 is 4.79 Å². The van der Waals surface area contributed by atoms with Crippen LogP contribution in [0.15, 0.2) is 48.7 Å². The molecule has 0 spiro atoms. The second kappa shape index (κ2) is 7.70. The Morgan fingerprint density at radius 2 is 1.85 bits per heavy atom. The second-order valence-corrected chi connectivity index (χ2v) is 4.84. The molecule has 0 aliphatic carbocycles. The van der Waals surface area contributed by atoms with Gasteiger partial charge in [-0.15, -0.1) is 0 Å². The van der Waals surface area contributed by atoms with Crippen molar-refractivity contribution in [2.45, 2.75) is 25.1 Å². The monoisotopic (exact) mass is 286 g/mol. The lowest BCUT2D eigenvalue weighted by atomic mass is 10.0. The first-order chi connectivity index (χ1) is 9.79. The number of hydrogen-bond acceptors (Lipinski definition) is 3. The van der Waals surface area contributed by atoms with E-state index in [4.69, 9.17) is 0 Å². The number of amides is 1. The highest BCUT2D eigenvalue weighted by Crippen LogP contribution is 2.13. The normalized spacial score (nSPS) is 10.2. The van der Waals surface area contributed by atoms with Crippen molar-refractivity contribution in [2.24, 2.45) is 0 Å². The number of rotatable bonds is 6. The Hall–Kier alpha value is -1.81. The maximum absolute atomic E-state index is 11.8. The highest BCUT2D eigenvalue weighted by Gasteiger charge is 2.05. The molecule has 0 atom stereocenters. The summed E-state index contributed by atoms with van der Waals surface area (Å²) in [7, 11) is 0. The van der Waals surface area contributed by atoms with Gasteiger partial charge in [-0.2, -0.15) is 12.6 Å². The van der Waals surface area contributed by atoms with E-state index >= 15 is 0 Å². The van der Waals surface area contributed by atoms with Crippen molar-refractivity contribution in [2.75, 3.05) is 0 Å². The molecule has 2 aromatic rings. The van der Waals surface area contributed by atoms with E-state index in [1.54, 1.807) is 6.20 Å². The van der Waals surface area contributed by atoms with Crippen LogP contribution in [0.3, 0.4) is 0 Å². The molecular weight excluding hydrogens is 268 g/mol. The zero-order valence-electron chi connectivity index (χ0n) is 11.2. The van der Waals surface area contributed by atoms with Gasteiger partial charge in [0.1, 0.15) is 0 Å². The fraction of sp³-hybridized carbons (Fsp3) is 0.250. The smallest absolute Gasteiger partial charge is 0.220 e. The maximum atomic E-state index is 11.8. The summed E-state index contributed by atoms with van der Waals surface area (Å²) >= 11 is 4.30. The van der Waals surface area contributed by atoms with Crippen molar-refractivity contribution in [3.8, 4) is 0 Å². The van der Waals surface area contributed by atoms with Crippen LogP contribution in [0.25, 0.3) is 0 Å². The Bertz CT molecular complexity index is 557. The van der Waals surface area contributed by atoms with Gasteiger partial charge in [-0.3, -0.25) is 9.78 Å². The molecule has 0 saturated heterocycles. The number of carbonyl (C=O) groups excluding carboxylic acids is 1. The van der Waals surface area contributed by atoms with E-state index in [0.717, 1.165) is 12.1 Å². The molecule has 2 rings (SSSR count). The van der Waals surface area contributed by atoms with Gasteiger partial charge in [-0.1, -0.05) is 30.3 Å². The summed E-state index contributed by atoms with van der Waals surface area (Å²) in [5.74, 6) is 0.746. The summed E-state index contributed by atoms with van der Waals surface area (Å²) in [6, 6.07) is 13.8. The van der Waals surface area contributed by atoms with Crippen LogP contribution in [0.2, 0.25) is 0 Å². The molecule has 0 unspecified atom stereocenters. The molecule has 1 N–H and O–H groups in total. The molecule has 1 aromatic carbocycles. The predicted octanol–water partition coefficient (Wildman–Crippen LogP) is 2.76. The standard InChI is InChI=1S/C16H18N2OS/c19-16(18-11-15-7-3-4-10-17-15)9-8-13-5-1-2-6-14(13)12-20/h1-7,10,20H,8-9,11-12H2,(H,18,19). The van der Waals surface area contributed by atoms with Gasteiger partial charge in [0, 0.05) is 18.4 Å². The van der Waals surface area contributed by atoms with Crippen molar-refractivity contribution in [1.29, 1.82) is 0 Å². The molecule has 1 aromatic heterocycles. The van der Waals surface area contributed by atoms with Crippen molar-refractivity contribution in [1.82, 2.24) is 10.3 Å². The van der Waals surface area contributed by atoms with Crippen LogP contribution in [0.1, 0.15) is 23.2 Å². The molecule has 0 bridgehead atoms. The van der Waals surface area contributed by atoms with Gasteiger partial charge < -0.3 is 5.32 Å². The minimum atomic E-state index is 0.0459. The van der Waals surface area contributed by atoms with Crippen molar-refractivity contribution >= 4 is 18.5 Å². The van der Waals surface area contributed by atoms with E-state index in [-0.39, 0.29) is 5.91 Å². The Morgan fingerprint density at radius 1 is 1.10 bits per heavy atom. The molecule has 20 heavy (non-hydrogen) atoms. The Labute approximate surface area is 124 Å². The number of carbonyl (C=O) groups is 1. The molecule has 0 aliphatic rings. The average Bonchev–Trinajstić information content (AvgIpc) is 2.52. The number of nitrogens with one attached hydrogen (secondary N) is 1. The Morgan fingerprint density at radius 3 is 2.55 bits per heavy atom. The molecule has 0 aliphatic heterocycles. The minimum absolute atomic E-state index is 0.0459. The molecule has 4 heteroatoms. The summed E-state index contributed by atoms with van der Waals surface area (Å²) in [4.78, 5) is 16.0. The summed E-state index contributed by atoms with van der Waals surface area (Å²) in [6.45, 7) is 0.480. The number of aromatic nitrogens is 1. The summed E-state index contributed by atoms with van der Waals surface area (Å²) in [5, 5.41) is 2.89. The fourth-order valence-corrected chi connectivity index (χ4v) is 2.29. The summed E-state index contributed by atoms with van der Waals surface area (Å²) in [5.41, 5.74) is 3.25. The zero-order valence-corrected chi connectivity index (χ0v) is 12.1. The predicted molar refractivity (Wildman–Crippen MR) is 83.5 cm³/mol. The van der Waals surface area contributed by atoms with E-state index < -0.39 is 0 Å². The van der Waals surface area contributed by atoms with Crippen LogP contribution in [-0.4, -0.2) is 10.9 Å². The van der Waals surface area contributed by atoms with Gasteiger partial charge in [0.15, 0.2) is 0 Å². The molecular formula is C16H18N2OS. The number of thiol groups is 1. The Balaban J connectivity index is 1.80. The van der Waals surface area contributed by atoms with E-state index in [9.17, 15) is 4.79 Å². The van der Waals surface area contributed by atoms with Gasteiger partial charge in [-0.05, 0) is 29.7 Å². The summed E-state index contributed by atoms with van der Waals surface area (Å²) in [6.07, 6.45) is 2.95. The molecule has 0 saturated carbocycles. The topological polar surface area (TPSA) is 42.0 Å². The SMILES string of the molecule is O=C(CCc1ccccc1CS)NCc1ccccn1. The number of hydrogen-bond donors (Lipinski definition) is 2. The van der Waals surface area contributed by atoms with Gasteiger partial charge in [0.05, 0.1) is 12.2 Å². The second-order valence-electron chi connectivity index (χ2n) is 4.52. The lowest BCUT2D eigenvalue weighted by molar-refractivity contribution is -0.121. The first kappa shape index (κ1) is 14.6. The zero-order chi connectivity index (χ0) is 14.2. The van der Waals surface area contributed by atoms with Crippen molar-refractivity contribution in [3.05, 3.63) is 65.5 Å². The lowest BCUT2D eigenvalue weighted by Crippen LogP contribution is -2.23. The van der Waals surface area contributed by atoms with E-state index in [1.165, 1.54) is 11.1 Å². The van der Waals surface area contributed by atoms with Gasteiger partial charge >= 0.3 is 0 Å². The third-order valence-corrected chi connectivity index (χ3v) is 3.44. The first-order valence-corrected chi connectivity index (χ1v) is 7.27. The highest BCUT2D eigenvalue weighted by atomic mass is 32.1. The molecule has 104 valence electrons. The molecule has 3 nitrogen and oxygen atoms in total. The third kappa shape index (κ3) is 4.38. The molecule has 0 fully saturated rings. The Kier molecular flexibility index (Phi) is 5.62. The summed E-state index contributed by atoms with van der Waals surface area (Å²) < 4.78 is 0. The van der Waals surface area contributed by atoms with Crippen molar-refractivity contribution in [3.63, 3.8) is 0 Å². The lowest BCUT2D eigenvalue weighted by Gasteiger charge is -2.08. The number of nitrogens with zero attached hydrogens (tertiary/aromatic N) is 1. The van der Waals surface area contributed by atoms with Gasteiger partial charge in [0.2, 0.25) is 5.91 Å². The molecule has 1 amide bonds. The number of aryl methyl sites for hydroxylation is 1. The van der Waals surface area contributed by atoms with Crippen LogP contribution in [0, 0.1) is 0 Å². The van der Waals surface area contributed by atoms with E-state index in [0.29, 0.717) is 18.7 Å². The molecule has 1 heterocycles. The maximum Gasteiger partial charge on any atom is 0.220 e. The number of benzene rings is 1. The average molecular weight is 286 g/mol. The van der Waals surface area contributed by atoms with Gasteiger partial charge in [0.25, 0.3) is 0 Å². The largest absolute Gasteiger partial charge is 0.350 e.